The number of hydrogen-bond donors (Lipinski definition) is 0. The Morgan fingerprint density at radius 1 is 1.12 bits per heavy atom. The second kappa shape index (κ2) is 4.04. The monoisotopic (exact) mass is 214 g/mol. The second-order valence-corrected chi connectivity index (χ2v) is 4.22. The van der Waals surface area contributed by atoms with Crippen molar-refractivity contribution in [3.8, 4) is 5.95 Å². The average molecular weight is 214 g/mol. The zero-order chi connectivity index (χ0) is 10.8. The molecule has 1 saturated carbocycles. The molecule has 82 valence electrons. The van der Waals surface area contributed by atoms with Gasteiger partial charge in [-0.25, -0.2) is 14.6 Å². The van der Waals surface area contributed by atoms with Crippen LogP contribution in [0.15, 0.2) is 30.7 Å². The average Bonchev–Trinajstić information content (AvgIpc) is 3.01. The molecule has 0 N–H and O–H groups in total. The number of aromatic nitrogens is 4. The molecule has 0 radical (unpaired) electrons. The van der Waals surface area contributed by atoms with Crippen LogP contribution in [-0.4, -0.2) is 19.7 Å². The van der Waals surface area contributed by atoms with Crippen LogP contribution < -0.4 is 0 Å². The summed E-state index contributed by atoms with van der Waals surface area (Å²) in [5.74, 6) is 1.29. The van der Waals surface area contributed by atoms with Gasteiger partial charge in [-0.2, -0.15) is 5.10 Å². The lowest BCUT2D eigenvalue weighted by Gasteiger charge is -2.03. The Kier molecular flexibility index (Phi) is 2.40. The van der Waals surface area contributed by atoms with E-state index in [9.17, 15) is 0 Å². The molecule has 0 amide bonds. The lowest BCUT2D eigenvalue weighted by molar-refractivity contribution is 0.671. The highest BCUT2D eigenvalue weighted by molar-refractivity contribution is 5.14. The van der Waals surface area contributed by atoms with Crippen LogP contribution in [0.25, 0.3) is 5.95 Å². The van der Waals surface area contributed by atoms with Gasteiger partial charge in [0.15, 0.2) is 0 Å². The summed E-state index contributed by atoms with van der Waals surface area (Å²) in [7, 11) is 0. The van der Waals surface area contributed by atoms with Crippen molar-refractivity contribution < 1.29 is 0 Å². The minimum Gasteiger partial charge on any atom is -0.220 e. The number of rotatable bonds is 2. The van der Waals surface area contributed by atoms with Crippen molar-refractivity contribution >= 4 is 0 Å². The van der Waals surface area contributed by atoms with Crippen LogP contribution in [0.5, 0.6) is 0 Å². The van der Waals surface area contributed by atoms with Gasteiger partial charge in [-0.1, -0.05) is 12.8 Å². The van der Waals surface area contributed by atoms with Crippen LogP contribution in [0, 0.1) is 0 Å². The fourth-order valence-electron chi connectivity index (χ4n) is 2.30. The fourth-order valence-corrected chi connectivity index (χ4v) is 2.30. The lowest BCUT2D eigenvalue weighted by Crippen LogP contribution is -2.02. The Morgan fingerprint density at radius 3 is 2.62 bits per heavy atom. The molecule has 0 atom stereocenters. The summed E-state index contributed by atoms with van der Waals surface area (Å²) in [6.45, 7) is 0. The maximum Gasteiger partial charge on any atom is 0.250 e. The molecule has 16 heavy (non-hydrogen) atoms. The van der Waals surface area contributed by atoms with Crippen LogP contribution in [0.1, 0.15) is 37.3 Å². The van der Waals surface area contributed by atoms with Crippen molar-refractivity contribution in [3.63, 3.8) is 0 Å². The van der Waals surface area contributed by atoms with E-state index in [2.05, 4.69) is 21.1 Å². The third kappa shape index (κ3) is 1.71. The first-order chi connectivity index (χ1) is 7.93. The second-order valence-electron chi connectivity index (χ2n) is 4.22. The van der Waals surface area contributed by atoms with Crippen molar-refractivity contribution in [2.75, 3.05) is 0 Å². The number of hydrogen-bond acceptors (Lipinski definition) is 3. The van der Waals surface area contributed by atoms with E-state index in [0.29, 0.717) is 11.9 Å². The molecule has 1 aliphatic rings. The zero-order valence-electron chi connectivity index (χ0n) is 9.08. The minimum atomic E-state index is 0.643. The molecular weight excluding hydrogens is 200 g/mol. The maximum absolute atomic E-state index is 4.55. The molecule has 0 bridgehead atoms. The van der Waals surface area contributed by atoms with Crippen LogP contribution >= 0.6 is 0 Å². The normalized spacial score (nSPS) is 16.8. The summed E-state index contributed by atoms with van der Waals surface area (Å²) >= 11 is 0. The Balaban J connectivity index is 1.87. The van der Waals surface area contributed by atoms with E-state index in [4.69, 9.17) is 0 Å². The molecule has 0 aromatic carbocycles. The quantitative estimate of drug-likeness (QED) is 0.770. The molecule has 2 aromatic rings. The van der Waals surface area contributed by atoms with Crippen molar-refractivity contribution in [2.45, 2.75) is 31.6 Å². The third-order valence-electron chi connectivity index (χ3n) is 3.14. The Labute approximate surface area is 94.4 Å². The summed E-state index contributed by atoms with van der Waals surface area (Å²) in [4.78, 5) is 8.36. The summed E-state index contributed by atoms with van der Waals surface area (Å²) in [5.41, 5.74) is 1.19. The standard InChI is InChI=1S/C12H14N4/c1-2-5-10(4-1)11-6-9-16(15-11)12-13-7-3-8-14-12/h3,6-10H,1-2,4-5H2. The van der Waals surface area contributed by atoms with Gasteiger partial charge in [-0.3, -0.25) is 0 Å². The molecule has 0 saturated heterocycles. The van der Waals surface area contributed by atoms with Gasteiger partial charge in [0, 0.05) is 24.5 Å². The van der Waals surface area contributed by atoms with Gasteiger partial charge in [0.25, 0.3) is 0 Å². The molecule has 1 aliphatic carbocycles. The van der Waals surface area contributed by atoms with Gasteiger partial charge >= 0.3 is 0 Å². The Bertz CT molecular complexity index is 457. The third-order valence-corrected chi connectivity index (χ3v) is 3.14. The van der Waals surface area contributed by atoms with Gasteiger partial charge in [0.1, 0.15) is 0 Å². The largest absolute Gasteiger partial charge is 0.250 e. The molecular formula is C12H14N4. The van der Waals surface area contributed by atoms with E-state index >= 15 is 0 Å². The van der Waals surface area contributed by atoms with E-state index in [1.807, 2.05) is 12.3 Å². The summed E-state index contributed by atoms with van der Waals surface area (Å²) < 4.78 is 1.76. The Hall–Kier alpha value is -1.71. The summed E-state index contributed by atoms with van der Waals surface area (Å²) in [6, 6.07) is 3.90. The molecule has 2 heterocycles. The predicted octanol–water partition coefficient (Wildman–Crippen LogP) is 2.32. The maximum atomic E-state index is 4.55. The van der Waals surface area contributed by atoms with Gasteiger partial charge in [0.05, 0.1) is 5.69 Å². The van der Waals surface area contributed by atoms with E-state index in [0.717, 1.165) is 0 Å². The van der Waals surface area contributed by atoms with Gasteiger partial charge in [-0.15, -0.1) is 0 Å². The van der Waals surface area contributed by atoms with Crippen LogP contribution in [0.4, 0.5) is 0 Å². The fraction of sp³-hybridized carbons (Fsp3) is 0.417. The Morgan fingerprint density at radius 2 is 1.88 bits per heavy atom. The zero-order valence-corrected chi connectivity index (χ0v) is 9.08. The molecule has 2 aromatic heterocycles. The van der Waals surface area contributed by atoms with Crippen LogP contribution in [0.3, 0.4) is 0 Å². The predicted molar refractivity (Wildman–Crippen MR) is 60.4 cm³/mol. The first-order valence-electron chi connectivity index (χ1n) is 5.76. The van der Waals surface area contributed by atoms with Crippen LogP contribution in [0.2, 0.25) is 0 Å². The van der Waals surface area contributed by atoms with Gasteiger partial charge in [0.2, 0.25) is 5.95 Å². The lowest BCUT2D eigenvalue weighted by atomic mass is 10.1. The highest BCUT2D eigenvalue weighted by Crippen LogP contribution is 2.32. The first-order valence-corrected chi connectivity index (χ1v) is 5.76. The minimum absolute atomic E-state index is 0.643. The SMILES string of the molecule is c1cnc(-n2ccc(C3CCCC3)n2)nc1. The van der Waals surface area contributed by atoms with Crippen molar-refractivity contribution in [1.29, 1.82) is 0 Å². The van der Waals surface area contributed by atoms with E-state index in [1.54, 1.807) is 17.1 Å². The molecule has 0 spiro atoms. The van der Waals surface area contributed by atoms with E-state index in [-0.39, 0.29) is 0 Å². The molecule has 3 rings (SSSR count). The summed E-state index contributed by atoms with van der Waals surface area (Å²) in [5, 5.41) is 4.55. The van der Waals surface area contributed by atoms with Crippen molar-refractivity contribution in [2.24, 2.45) is 0 Å². The molecule has 0 unspecified atom stereocenters. The van der Waals surface area contributed by atoms with E-state index in [1.165, 1.54) is 31.4 Å². The van der Waals surface area contributed by atoms with Gasteiger partial charge in [-0.05, 0) is 25.0 Å². The topological polar surface area (TPSA) is 43.6 Å². The van der Waals surface area contributed by atoms with Crippen molar-refractivity contribution in [3.05, 3.63) is 36.4 Å². The van der Waals surface area contributed by atoms with Gasteiger partial charge < -0.3 is 0 Å². The smallest absolute Gasteiger partial charge is 0.220 e. The molecule has 4 nitrogen and oxygen atoms in total. The van der Waals surface area contributed by atoms with Crippen LogP contribution in [-0.2, 0) is 0 Å². The molecule has 4 heteroatoms. The van der Waals surface area contributed by atoms with Crippen molar-refractivity contribution in [1.82, 2.24) is 19.7 Å². The number of nitrogens with zero attached hydrogens (tertiary/aromatic N) is 4. The highest BCUT2D eigenvalue weighted by Gasteiger charge is 2.19. The molecule has 1 fully saturated rings. The molecule has 0 aliphatic heterocycles. The highest BCUT2D eigenvalue weighted by atomic mass is 15.3. The van der Waals surface area contributed by atoms with E-state index < -0.39 is 0 Å². The first kappa shape index (κ1) is 9.51. The summed E-state index contributed by atoms with van der Waals surface area (Å²) in [6.07, 6.45) is 10.6.